The second-order valence-corrected chi connectivity index (χ2v) is 4.93. The zero-order valence-corrected chi connectivity index (χ0v) is 10.8. The van der Waals surface area contributed by atoms with Crippen molar-refractivity contribution < 1.29 is 0 Å². The molecular formula is C12H17N7. The summed E-state index contributed by atoms with van der Waals surface area (Å²) in [6.07, 6.45) is 7.07. The van der Waals surface area contributed by atoms with E-state index in [2.05, 4.69) is 32.3 Å². The molecule has 0 spiro atoms. The van der Waals surface area contributed by atoms with E-state index in [0.717, 1.165) is 6.42 Å². The average Bonchev–Trinajstić information content (AvgIpc) is 3.01. The summed E-state index contributed by atoms with van der Waals surface area (Å²) in [6, 6.07) is 2.22. The van der Waals surface area contributed by atoms with Crippen molar-refractivity contribution in [2.75, 3.05) is 11.1 Å². The Kier molecular flexibility index (Phi) is 3.02. The van der Waals surface area contributed by atoms with Gasteiger partial charge in [0.15, 0.2) is 0 Å². The van der Waals surface area contributed by atoms with Gasteiger partial charge in [-0.3, -0.25) is 0 Å². The van der Waals surface area contributed by atoms with Gasteiger partial charge in [-0.2, -0.15) is 20.1 Å². The molecule has 7 nitrogen and oxygen atoms in total. The maximum absolute atomic E-state index is 5.73. The van der Waals surface area contributed by atoms with E-state index in [4.69, 9.17) is 5.73 Å². The summed E-state index contributed by atoms with van der Waals surface area (Å²) in [5.41, 5.74) is 5.73. The summed E-state index contributed by atoms with van der Waals surface area (Å²) in [7, 11) is 0. The lowest BCUT2D eigenvalue weighted by Gasteiger charge is -2.17. The van der Waals surface area contributed by atoms with Crippen molar-refractivity contribution in [1.82, 2.24) is 24.7 Å². The number of hydrogen-bond donors (Lipinski definition) is 2. The van der Waals surface area contributed by atoms with Gasteiger partial charge in [0.05, 0.1) is 0 Å². The van der Waals surface area contributed by atoms with Crippen LogP contribution in [-0.4, -0.2) is 30.8 Å². The molecule has 0 saturated heterocycles. The molecule has 3 rings (SSSR count). The molecule has 0 amide bonds. The van der Waals surface area contributed by atoms with Crippen molar-refractivity contribution in [3.05, 3.63) is 18.5 Å². The molecule has 2 atom stereocenters. The summed E-state index contributed by atoms with van der Waals surface area (Å²) in [5.74, 6) is 1.79. The summed E-state index contributed by atoms with van der Waals surface area (Å²) in [4.78, 5) is 12.6. The Hall–Kier alpha value is -2.18. The topological polar surface area (TPSA) is 94.5 Å². The highest BCUT2D eigenvalue weighted by molar-refractivity contribution is 5.36. The highest BCUT2D eigenvalue weighted by atomic mass is 15.4. The van der Waals surface area contributed by atoms with Crippen molar-refractivity contribution >= 4 is 11.9 Å². The van der Waals surface area contributed by atoms with Gasteiger partial charge in [-0.05, 0) is 24.8 Å². The van der Waals surface area contributed by atoms with Crippen LogP contribution in [0.5, 0.6) is 0 Å². The lowest BCUT2D eigenvalue weighted by Crippen LogP contribution is -2.24. The van der Waals surface area contributed by atoms with Gasteiger partial charge >= 0.3 is 0 Å². The van der Waals surface area contributed by atoms with E-state index in [1.807, 2.05) is 6.07 Å². The van der Waals surface area contributed by atoms with Crippen molar-refractivity contribution in [2.45, 2.75) is 32.2 Å². The first kappa shape index (κ1) is 11.9. The van der Waals surface area contributed by atoms with Crippen LogP contribution < -0.4 is 11.1 Å². The molecule has 2 aromatic rings. The number of nitrogens with two attached hydrogens (primary N) is 1. The van der Waals surface area contributed by atoms with Crippen molar-refractivity contribution in [1.29, 1.82) is 0 Å². The molecule has 0 radical (unpaired) electrons. The maximum Gasteiger partial charge on any atom is 0.257 e. The SMILES string of the molecule is CC1CCCC1Nc1nc(N)nc(-n2cccn2)n1. The molecule has 2 aromatic heterocycles. The summed E-state index contributed by atoms with van der Waals surface area (Å²) >= 11 is 0. The fraction of sp³-hybridized carbons (Fsp3) is 0.500. The predicted molar refractivity (Wildman–Crippen MR) is 71.8 cm³/mol. The highest BCUT2D eigenvalue weighted by Gasteiger charge is 2.24. The smallest absolute Gasteiger partial charge is 0.257 e. The Balaban J connectivity index is 1.85. The van der Waals surface area contributed by atoms with Crippen LogP contribution in [0, 0.1) is 5.92 Å². The van der Waals surface area contributed by atoms with Gasteiger partial charge in [-0.1, -0.05) is 13.3 Å². The molecule has 2 heterocycles. The molecular weight excluding hydrogens is 242 g/mol. The number of rotatable bonds is 3. The largest absolute Gasteiger partial charge is 0.368 e. The van der Waals surface area contributed by atoms with Gasteiger partial charge in [-0.25, -0.2) is 4.68 Å². The molecule has 0 aromatic carbocycles. The van der Waals surface area contributed by atoms with Crippen LogP contribution in [0.2, 0.25) is 0 Å². The molecule has 100 valence electrons. The van der Waals surface area contributed by atoms with E-state index in [0.29, 0.717) is 23.9 Å². The number of nitrogens with zero attached hydrogens (tertiary/aromatic N) is 5. The number of aromatic nitrogens is 5. The van der Waals surface area contributed by atoms with Crippen molar-refractivity contribution in [3.63, 3.8) is 0 Å². The minimum atomic E-state index is 0.202. The molecule has 1 saturated carbocycles. The molecule has 1 aliphatic rings. The monoisotopic (exact) mass is 259 g/mol. The maximum atomic E-state index is 5.73. The molecule has 3 N–H and O–H groups in total. The zero-order chi connectivity index (χ0) is 13.2. The molecule has 1 aliphatic carbocycles. The molecule has 2 unspecified atom stereocenters. The Morgan fingerprint density at radius 1 is 1.32 bits per heavy atom. The lowest BCUT2D eigenvalue weighted by atomic mass is 10.1. The fourth-order valence-corrected chi connectivity index (χ4v) is 2.46. The van der Waals surface area contributed by atoms with Gasteiger partial charge < -0.3 is 11.1 Å². The number of hydrogen-bond acceptors (Lipinski definition) is 6. The van der Waals surface area contributed by atoms with Crippen molar-refractivity contribution in [3.8, 4) is 5.95 Å². The Labute approximate surface area is 111 Å². The molecule has 1 fully saturated rings. The zero-order valence-electron chi connectivity index (χ0n) is 10.8. The van der Waals surface area contributed by atoms with E-state index >= 15 is 0 Å². The van der Waals surface area contributed by atoms with Crippen LogP contribution in [0.3, 0.4) is 0 Å². The minimum absolute atomic E-state index is 0.202. The van der Waals surface area contributed by atoms with Crippen LogP contribution in [0.4, 0.5) is 11.9 Å². The number of nitrogen functional groups attached to an aromatic ring is 1. The third-order valence-electron chi connectivity index (χ3n) is 3.53. The van der Waals surface area contributed by atoms with Crippen LogP contribution in [0.15, 0.2) is 18.5 Å². The average molecular weight is 259 g/mol. The molecule has 0 bridgehead atoms. The van der Waals surface area contributed by atoms with Gasteiger partial charge in [0.2, 0.25) is 11.9 Å². The first-order valence-electron chi connectivity index (χ1n) is 6.50. The van der Waals surface area contributed by atoms with E-state index in [-0.39, 0.29) is 5.95 Å². The highest BCUT2D eigenvalue weighted by Crippen LogP contribution is 2.27. The normalized spacial score (nSPS) is 22.6. The van der Waals surface area contributed by atoms with E-state index < -0.39 is 0 Å². The molecule has 0 aliphatic heterocycles. The van der Waals surface area contributed by atoms with Gasteiger partial charge in [0, 0.05) is 18.4 Å². The van der Waals surface area contributed by atoms with E-state index in [1.54, 1.807) is 17.1 Å². The Morgan fingerprint density at radius 2 is 2.21 bits per heavy atom. The standard InChI is InChI=1S/C12H17N7/c1-8-4-2-5-9(8)15-11-16-10(13)17-12(18-11)19-7-3-6-14-19/h3,6-9H,2,4-5H2,1H3,(H3,13,15,16,17,18). The molecule has 19 heavy (non-hydrogen) atoms. The van der Waals surface area contributed by atoms with Crippen LogP contribution in [0.25, 0.3) is 5.95 Å². The van der Waals surface area contributed by atoms with Gasteiger partial charge in [-0.15, -0.1) is 0 Å². The summed E-state index contributed by atoms with van der Waals surface area (Å²) in [5, 5.41) is 7.45. The Morgan fingerprint density at radius 3 is 2.89 bits per heavy atom. The van der Waals surface area contributed by atoms with Crippen LogP contribution in [-0.2, 0) is 0 Å². The van der Waals surface area contributed by atoms with Crippen LogP contribution >= 0.6 is 0 Å². The lowest BCUT2D eigenvalue weighted by molar-refractivity contribution is 0.552. The van der Waals surface area contributed by atoms with E-state index in [9.17, 15) is 0 Å². The summed E-state index contributed by atoms with van der Waals surface area (Å²) in [6.45, 7) is 2.24. The van der Waals surface area contributed by atoms with Gasteiger partial charge in [0.25, 0.3) is 5.95 Å². The molecule has 7 heteroatoms. The first-order chi connectivity index (χ1) is 9.22. The number of nitrogens with one attached hydrogen (secondary N) is 1. The second kappa shape index (κ2) is 4.83. The third kappa shape index (κ3) is 2.49. The minimum Gasteiger partial charge on any atom is -0.368 e. The van der Waals surface area contributed by atoms with E-state index in [1.165, 1.54) is 12.8 Å². The quantitative estimate of drug-likeness (QED) is 0.861. The second-order valence-electron chi connectivity index (χ2n) is 4.93. The fourth-order valence-electron chi connectivity index (χ4n) is 2.46. The number of anilines is 2. The Bertz CT molecular complexity index is 551. The van der Waals surface area contributed by atoms with Gasteiger partial charge in [0.1, 0.15) is 0 Å². The predicted octanol–water partition coefficient (Wildman–Crippen LogP) is 1.24. The first-order valence-corrected chi connectivity index (χ1v) is 6.50. The summed E-state index contributed by atoms with van der Waals surface area (Å²) < 4.78 is 1.57. The van der Waals surface area contributed by atoms with Crippen molar-refractivity contribution in [2.24, 2.45) is 5.92 Å². The third-order valence-corrected chi connectivity index (χ3v) is 3.53. The van der Waals surface area contributed by atoms with Crippen LogP contribution in [0.1, 0.15) is 26.2 Å².